The molecule has 0 nitrogen and oxygen atoms in total. The molecule has 4 aromatic rings. The second-order valence-electron chi connectivity index (χ2n) is 17.8. The standard InChI is InChI=1S/C48H50/c1-3-7-35(8-4-1)11-13-37-15-19-43(20-16-37)45-25-39-23-40(26-45)30-47(29-39,33-45)48-31-41-24-42(32-48)28-46(27-41,34-48)44-21-17-38(18-22-44)14-12-36-9-5-2-6-10-36/h1-22,39-42H,23-34H2. The second-order valence-corrected chi connectivity index (χ2v) is 17.8. The van der Waals surface area contributed by atoms with Gasteiger partial charge in [0.2, 0.25) is 0 Å². The molecule has 0 amide bonds. The first kappa shape index (κ1) is 29.3. The van der Waals surface area contributed by atoms with Crippen LogP contribution >= 0.6 is 0 Å². The van der Waals surface area contributed by atoms with Gasteiger partial charge in [-0.3, -0.25) is 0 Å². The van der Waals surface area contributed by atoms with Gasteiger partial charge in [0.15, 0.2) is 0 Å². The van der Waals surface area contributed by atoms with Crippen LogP contribution in [0.5, 0.6) is 0 Å². The summed E-state index contributed by atoms with van der Waals surface area (Å²) in [5.41, 5.74) is 10.4. The van der Waals surface area contributed by atoms with E-state index < -0.39 is 0 Å². The predicted molar refractivity (Wildman–Crippen MR) is 201 cm³/mol. The van der Waals surface area contributed by atoms with Gasteiger partial charge < -0.3 is 0 Å². The van der Waals surface area contributed by atoms with Crippen LogP contribution in [0.25, 0.3) is 24.3 Å². The van der Waals surface area contributed by atoms with Gasteiger partial charge in [-0.25, -0.2) is 0 Å². The quantitative estimate of drug-likeness (QED) is 0.179. The Bertz CT molecular complexity index is 1670. The lowest BCUT2D eigenvalue weighted by atomic mass is 9.30. The fourth-order valence-corrected chi connectivity index (χ4v) is 13.9. The van der Waals surface area contributed by atoms with Crippen LogP contribution in [-0.2, 0) is 10.8 Å². The Hall–Kier alpha value is -3.64. The zero-order valence-electron chi connectivity index (χ0n) is 28.5. The highest BCUT2D eigenvalue weighted by Crippen LogP contribution is 2.78. The van der Waals surface area contributed by atoms with E-state index in [9.17, 15) is 0 Å². The average Bonchev–Trinajstić information content (AvgIpc) is 3.10. The molecule has 0 aliphatic heterocycles. The van der Waals surface area contributed by atoms with Crippen LogP contribution in [0.15, 0.2) is 109 Å². The van der Waals surface area contributed by atoms with Crippen molar-refractivity contribution >= 4 is 24.3 Å². The third kappa shape index (κ3) is 4.76. The summed E-state index contributed by atoms with van der Waals surface area (Å²) in [4.78, 5) is 0. The minimum Gasteiger partial charge on any atom is -0.0622 e. The first-order chi connectivity index (χ1) is 23.5. The van der Waals surface area contributed by atoms with E-state index in [1.165, 1.54) is 99.3 Å². The number of benzene rings is 4. The first-order valence-corrected chi connectivity index (χ1v) is 19.2. The average molecular weight is 627 g/mol. The van der Waals surface area contributed by atoms with Gasteiger partial charge in [-0.05, 0) is 156 Å². The molecule has 48 heavy (non-hydrogen) atoms. The Balaban J connectivity index is 0.946. The van der Waals surface area contributed by atoms with E-state index in [1.54, 1.807) is 11.1 Å². The topological polar surface area (TPSA) is 0 Å². The predicted octanol–water partition coefficient (Wildman–Crippen LogP) is 12.4. The molecule has 8 bridgehead atoms. The third-order valence-corrected chi connectivity index (χ3v) is 14.8. The minimum atomic E-state index is 0.398. The van der Waals surface area contributed by atoms with Gasteiger partial charge in [0.25, 0.3) is 0 Å². The maximum atomic E-state index is 2.54. The fraction of sp³-hybridized carbons (Fsp3) is 0.417. The monoisotopic (exact) mass is 626 g/mol. The van der Waals surface area contributed by atoms with Gasteiger partial charge in [-0.1, -0.05) is 133 Å². The van der Waals surface area contributed by atoms with Gasteiger partial charge in [-0.2, -0.15) is 0 Å². The number of hydrogen-bond donors (Lipinski definition) is 0. The first-order valence-electron chi connectivity index (χ1n) is 19.2. The summed E-state index contributed by atoms with van der Waals surface area (Å²) in [6.45, 7) is 0. The second kappa shape index (κ2) is 10.9. The van der Waals surface area contributed by atoms with Crippen LogP contribution < -0.4 is 0 Å². The van der Waals surface area contributed by atoms with E-state index in [0.717, 1.165) is 23.7 Å². The minimum absolute atomic E-state index is 0.398. The summed E-state index contributed by atoms with van der Waals surface area (Å²) in [6.07, 6.45) is 26.9. The van der Waals surface area contributed by atoms with Gasteiger partial charge in [0.05, 0.1) is 0 Å². The van der Waals surface area contributed by atoms with Crippen LogP contribution in [0.2, 0.25) is 0 Å². The number of hydrogen-bond acceptors (Lipinski definition) is 0. The molecule has 0 N–H and O–H groups in total. The number of rotatable bonds is 7. The summed E-state index contributed by atoms with van der Waals surface area (Å²) < 4.78 is 0. The molecule has 0 saturated heterocycles. The molecule has 8 aliphatic carbocycles. The van der Waals surface area contributed by atoms with Crippen molar-refractivity contribution in [3.05, 3.63) is 143 Å². The van der Waals surface area contributed by atoms with Crippen molar-refractivity contribution in [2.45, 2.75) is 87.9 Å². The van der Waals surface area contributed by atoms with Crippen molar-refractivity contribution in [1.29, 1.82) is 0 Å². The lowest BCUT2D eigenvalue weighted by molar-refractivity contribution is -0.212. The van der Waals surface area contributed by atoms with Crippen molar-refractivity contribution in [2.24, 2.45) is 34.5 Å². The molecule has 8 saturated carbocycles. The molecule has 8 fully saturated rings. The molecule has 0 heterocycles. The highest BCUT2D eigenvalue weighted by Gasteiger charge is 2.70. The van der Waals surface area contributed by atoms with Crippen molar-refractivity contribution in [1.82, 2.24) is 0 Å². The molecular formula is C48H50. The molecule has 4 unspecified atom stereocenters. The van der Waals surface area contributed by atoms with Crippen molar-refractivity contribution in [2.75, 3.05) is 0 Å². The lowest BCUT2D eigenvalue weighted by Gasteiger charge is -2.74. The Morgan fingerprint density at radius 3 is 1.00 bits per heavy atom. The van der Waals surface area contributed by atoms with Crippen LogP contribution in [0, 0.1) is 34.5 Å². The summed E-state index contributed by atoms with van der Waals surface area (Å²) in [7, 11) is 0. The molecule has 4 atom stereocenters. The van der Waals surface area contributed by atoms with E-state index >= 15 is 0 Å². The molecule has 0 aromatic heterocycles. The molecule has 12 rings (SSSR count). The molecule has 4 aromatic carbocycles. The van der Waals surface area contributed by atoms with E-state index in [4.69, 9.17) is 0 Å². The smallest absolute Gasteiger partial charge is 0.00362 e. The highest BCUT2D eigenvalue weighted by atomic mass is 14.7. The Kier molecular flexibility index (Phi) is 6.67. The molecular weight excluding hydrogens is 577 g/mol. The zero-order valence-corrected chi connectivity index (χ0v) is 28.5. The lowest BCUT2D eigenvalue weighted by Crippen LogP contribution is -2.66. The maximum absolute atomic E-state index is 2.54. The maximum Gasteiger partial charge on any atom is -0.00362 e. The van der Waals surface area contributed by atoms with Crippen LogP contribution in [-0.4, -0.2) is 0 Å². The van der Waals surface area contributed by atoms with E-state index in [1.807, 2.05) is 0 Å². The van der Waals surface area contributed by atoms with E-state index in [2.05, 4.69) is 133 Å². The normalized spacial score (nSPS) is 37.6. The Labute approximate surface area is 288 Å². The van der Waals surface area contributed by atoms with Crippen molar-refractivity contribution in [3.8, 4) is 0 Å². The van der Waals surface area contributed by atoms with Crippen LogP contribution in [0.1, 0.15) is 110 Å². The zero-order chi connectivity index (χ0) is 31.8. The summed E-state index contributed by atoms with van der Waals surface area (Å²) in [5.74, 6) is 3.74. The van der Waals surface area contributed by atoms with Gasteiger partial charge in [-0.15, -0.1) is 0 Å². The largest absolute Gasteiger partial charge is 0.0622 e. The summed E-state index contributed by atoms with van der Waals surface area (Å²) >= 11 is 0. The molecule has 242 valence electrons. The summed E-state index contributed by atoms with van der Waals surface area (Å²) in [5, 5.41) is 0. The molecule has 0 heteroatoms. The highest BCUT2D eigenvalue weighted by molar-refractivity contribution is 5.70. The SMILES string of the molecule is C(=Cc1ccc(C23CC4CC(C2)CC(C25CC6CC(CC(c7ccc(C=Cc8ccccc8)cc7)(C6)C2)C5)(C4)C3)cc1)c1ccccc1. The molecule has 0 radical (unpaired) electrons. The van der Waals surface area contributed by atoms with Gasteiger partial charge in [0, 0.05) is 0 Å². The van der Waals surface area contributed by atoms with E-state index in [0.29, 0.717) is 21.7 Å². The van der Waals surface area contributed by atoms with Crippen molar-refractivity contribution in [3.63, 3.8) is 0 Å². The Morgan fingerprint density at radius 1 is 0.354 bits per heavy atom. The van der Waals surface area contributed by atoms with Crippen LogP contribution in [0.3, 0.4) is 0 Å². The molecule has 8 aliphatic rings. The van der Waals surface area contributed by atoms with Gasteiger partial charge >= 0.3 is 0 Å². The van der Waals surface area contributed by atoms with E-state index in [-0.39, 0.29) is 0 Å². The molecule has 0 spiro atoms. The van der Waals surface area contributed by atoms with Crippen molar-refractivity contribution < 1.29 is 0 Å². The fourth-order valence-electron chi connectivity index (χ4n) is 13.9. The van der Waals surface area contributed by atoms with Crippen LogP contribution in [0.4, 0.5) is 0 Å². The Morgan fingerprint density at radius 2 is 0.667 bits per heavy atom. The van der Waals surface area contributed by atoms with Gasteiger partial charge in [0.1, 0.15) is 0 Å². The third-order valence-electron chi connectivity index (χ3n) is 14.8. The summed E-state index contributed by atoms with van der Waals surface area (Å²) in [6, 6.07) is 41.3.